The van der Waals surface area contributed by atoms with Crippen LogP contribution < -0.4 is 21.8 Å². The first-order chi connectivity index (χ1) is 22.2. The van der Waals surface area contributed by atoms with Gasteiger partial charge in [0.2, 0.25) is 11.8 Å². The van der Waals surface area contributed by atoms with Gasteiger partial charge in [0.25, 0.3) is 17.7 Å². The number of hydrazine groups is 1. The molecular weight excluding hydrogens is 628 g/mol. The first-order valence-corrected chi connectivity index (χ1v) is 15.5. The lowest BCUT2D eigenvalue weighted by molar-refractivity contribution is -0.153. The largest absolute Gasteiger partial charge is 0.465 e. The van der Waals surface area contributed by atoms with Crippen molar-refractivity contribution in [1.82, 2.24) is 26.0 Å². The van der Waals surface area contributed by atoms with E-state index in [0.717, 1.165) is 22.7 Å². The summed E-state index contributed by atoms with van der Waals surface area (Å²) in [6.45, 7) is 6.78. The van der Waals surface area contributed by atoms with Crippen molar-refractivity contribution in [3.8, 4) is 0 Å². The van der Waals surface area contributed by atoms with Crippen LogP contribution >= 0.6 is 11.6 Å². The Morgan fingerprint density at radius 2 is 1.79 bits per heavy atom. The molecule has 2 aromatic rings. The van der Waals surface area contributed by atoms with Crippen LogP contribution in [0.2, 0.25) is 5.02 Å². The Labute approximate surface area is 278 Å². The lowest BCUT2D eigenvalue weighted by Crippen LogP contribution is -2.59. The Kier molecular flexibility index (Phi) is 12.9. The molecule has 5 N–H and O–H groups in total. The zero-order valence-corrected chi connectivity index (χ0v) is 27.6. The number of nitrogens with zero attached hydrogens (tertiary/aromatic N) is 2. The van der Waals surface area contributed by atoms with Gasteiger partial charge in [0, 0.05) is 30.8 Å². The van der Waals surface area contributed by atoms with Crippen molar-refractivity contribution in [1.29, 1.82) is 0 Å². The number of nitrogen functional groups attached to an aromatic ring is 1. The molecule has 5 amide bonds. The summed E-state index contributed by atoms with van der Waals surface area (Å²) in [5.74, 6) is -3.98. The second kappa shape index (κ2) is 16.6. The van der Waals surface area contributed by atoms with Crippen molar-refractivity contribution in [2.75, 3.05) is 25.4 Å². The van der Waals surface area contributed by atoms with Crippen molar-refractivity contribution in [3.63, 3.8) is 0 Å². The van der Waals surface area contributed by atoms with Gasteiger partial charge in [-0.2, -0.15) is 0 Å². The Balaban J connectivity index is 1.73. The van der Waals surface area contributed by atoms with Crippen LogP contribution in [-0.4, -0.2) is 77.2 Å². The molecule has 3 rings (SSSR count). The molecule has 0 saturated carbocycles. The van der Waals surface area contributed by atoms with E-state index >= 15 is 0 Å². The average Bonchev–Trinajstić information content (AvgIpc) is 3.52. The van der Waals surface area contributed by atoms with Gasteiger partial charge in [-0.15, -0.1) is 0 Å². The number of amides is 5. The minimum atomic E-state index is -1.03. The molecule has 14 heteroatoms. The monoisotopic (exact) mass is 668 g/mol. The molecule has 0 radical (unpaired) electrons. The SMILES string of the molecule is CCOC(=O)CN(NC(=O)[C@@H]1CCCN1C(=O)[C@@H](NC(=O)c1ccc(N)c(Cl)c1)C(C)(C)C)C(=O)/C=C/C(=O)NCc1ccccc1. The number of likely N-dealkylation sites (tertiary alicyclic amines) is 1. The van der Waals surface area contributed by atoms with Crippen LogP contribution in [0.3, 0.4) is 0 Å². The summed E-state index contributed by atoms with van der Waals surface area (Å²) >= 11 is 6.08. The number of rotatable bonds is 11. The minimum absolute atomic E-state index is 0.0416. The highest BCUT2D eigenvalue weighted by Crippen LogP contribution is 2.27. The topological polar surface area (TPSA) is 180 Å². The van der Waals surface area contributed by atoms with Crippen molar-refractivity contribution in [2.45, 2.75) is 59.2 Å². The van der Waals surface area contributed by atoms with Gasteiger partial charge >= 0.3 is 5.97 Å². The van der Waals surface area contributed by atoms with Crippen LogP contribution in [0.4, 0.5) is 5.69 Å². The molecule has 0 aliphatic carbocycles. The Bertz CT molecular complexity index is 1510. The van der Waals surface area contributed by atoms with Gasteiger partial charge in [-0.1, -0.05) is 62.7 Å². The third-order valence-electron chi connectivity index (χ3n) is 7.28. The predicted octanol–water partition coefficient (Wildman–Crippen LogP) is 2.35. The van der Waals surface area contributed by atoms with E-state index in [-0.39, 0.29) is 36.7 Å². The normalized spacial score (nSPS) is 15.1. The summed E-state index contributed by atoms with van der Waals surface area (Å²) in [5, 5.41) is 6.34. The highest BCUT2D eigenvalue weighted by atomic mass is 35.5. The number of hydrogen-bond donors (Lipinski definition) is 4. The second-order valence-electron chi connectivity index (χ2n) is 11.9. The van der Waals surface area contributed by atoms with E-state index in [4.69, 9.17) is 22.1 Å². The van der Waals surface area contributed by atoms with Gasteiger partial charge in [-0.3, -0.25) is 34.2 Å². The molecule has 1 aliphatic heterocycles. The number of carbonyl (C=O) groups excluding carboxylic acids is 6. The van der Waals surface area contributed by atoms with E-state index in [1.54, 1.807) is 27.7 Å². The van der Waals surface area contributed by atoms with E-state index in [9.17, 15) is 28.8 Å². The summed E-state index contributed by atoms with van der Waals surface area (Å²) in [6, 6.07) is 11.5. The maximum atomic E-state index is 13.9. The molecule has 1 heterocycles. The number of benzene rings is 2. The third-order valence-corrected chi connectivity index (χ3v) is 7.61. The van der Waals surface area contributed by atoms with Crippen molar-refractivity contribution in [3.05, 3.63) is 76.8 Å². The van der Waals surface area contributed by atoms with Crippen molar-refractivity contribution < 1.29 is 33.5 Å². The van der Waals surface area contributed by atoms with Gasteiger partial charge in [0.15, 0.2) is 0 Å². The number of hydrogen-bond acceptors (Lipinski definition) is 8. The van der Waals surface area contributed by atoms with E-state index in [0.29, 0.717) is 12.1 Å². The number of esters is 1. The number of nitrogens with two attached hydrogens (primary N) is 1. The number of nitrogens with one attached hydrogen (secondary N) is 3. The molecule has 13 nitrogen and oxygen atoms in total. The van der Waals surface area contributed by atoms with Crippen LogP contribution in [0.5, 0.6) is 0 Å². The van der Waals surface area contributed by atoms with Gasteiger partial charge in [-0.05, 0) is 48.9 Å². The maximum absolute atomic E-state index is 13.9. The number of ether oxygens (including phenoxy) is 1. The van der Waals surface area contributed by atoms with Gasteiger partial charge in [-0.25, -0.2) is 5.01 Å². The molecule has 0 spiro atoms. The molecule has 1 fully saturated rings. The maximum Gasteiger partial charge on any atom is 0.327 e. The molecule has 2 atom stereocenters. The van der Waals surface area contributed by atoms with Gasteiger partial charge < -0.3 is 26.0 Å². The second-order valence-corrected chi connectivity index (χ2v) is 12.3. The zero-order chi connectivity index (χ0) is 34.7. The fourth-order valence-electron chi connectivity index (χ4n) is 4.80. The minimum Gasteiger partial charge on any atom is -0.465 e. The molecule has 252 valence electrons. The Morgan fingerprint density at radius 3 is 2.43 bits per heavy atom. The van der Waals surface area contributed by atoms with Gasteiger partial charge in [0.1, 0.15) is 18.6 Å². The Morgan fingerprint density at radius 1 is 1.09 bits per heavy atom. The molecule has 0 aromatic heterocycles. The molecule has 1 saturated heterocycles. The zero-order valence-electron chi connectivity index (χ0n) is 26.9. The van der Waals surface area contributed by atoms with Crippen molar-refractivity contribution >= 4 is 52.8 Å². The summed E-state index contributed by atoms with van der Waals surface area (Å²) in [5.41, 5.74) is 8.79. The van der Waals surface area contributed by atoms with E-state index < -0.39 is 59.5 Å². The molecular formula is C33H41ClN6O7. The number of anilines is 1. The van der Waals surface area contributed by atoms with Crippen LogP contribution in [0.25, 0.3) is 0 Å². The van der Waals surface area contributed by atoms with Crippen LogP contribution in [0.1, 0.15) is 56.5 Å². The number of halogens is 1. The van der Waals surface area contributed by atoms with E-state index in [1.165, 1.54) is 23.1 Å². The summed E-state index contributed by atoms with van der Waals surface area (Å²) in [6.07, 6.45) is 2.67. The van der Waals surface area contributed by atoms with Gasteiger partial charge in [0.05, 0.1) is 17.3 Å². The average molecular weight is 669 g/mol. The molecule has 2 aromatic carbocycles. The summed E-state index contributed by atoms with van der Waals surface area (Å²) < 4.78 is 4.95. The molecule has 0 unspecified atom stereocenters. The first kappa shape index (κ1) is 36.6. The van der Waals surface area contributed by atoms with Crippen LogP contribution in [-0.2, 0) is 35.3 Å². The number of carbonyl (C=O) groups is 6. The van der Waals surface area contributed by atoms with E-state index in [1.807, 2.05) is 30.3 Å². The molecule has 1 aliphatic rings. The standard InChI is InChI=1S/C33H41ClN6O7/c1-5-47-28(43)20-40(27(42)16-15-26(41)36-19-21-10-7-6-8-11-21)38-31(45)25-12-9-17-39(25)32(46)29(33(2,3)4)37-30(44)22-13-14-24(35)23(34)18-22/h6-8,10-11,13-16,18,25,29H,5,9,12,17,19-20,35H2,1-4H3,(H,36,41)(H,37,44)(H,38,45)/b16-15+/t25-,29+/m0/s1. The molecule has 0 bridgehead atoms. The first-order valence-electron chi connectivity index (χ1n) is 15.1. The van der Waals surface area contributed by atoms with Crippen molar-refractivity contribution in [2.24, 2.45) is 5.41 Å². The smallest absolute Gasteiger partial charge is 0.327 e. The van der Waals surface area contributed by atoms with Crippen LogP contribution in [0.15, 0.2) is 60.7 Å². The lowest BCUT2D eigenvalue weighted by Gasteiger charge is -2.35. The lowest BCUT2D eigenvalue weighted by atomic mass is 9.85. The van der Waals surface area contributed by atoms with E-state index in [2.05, 4.69) is 16.1 Å². The van der Waals surface area contributed by atoms with Crippen LogP contribution in [0, 0.1) is 5.41 Å². The highest BCUT2D eigenvalue weighted by molar-refractivity contribution is 6.33. The summed E-state index contributed by atoms with van der Waals surface area (Å²) in [7, 11) is 0. The fourth-order valence-corrected chi connectivity index (χ4v) is 4.98. The highest BCUT2D eigenvalue weighted by Gasteiger charge is 2.42. The predicted molar refractivity (Wildman–Crippen MR) is 175 cm³/mol. The third kappa shape index (κ3) is 10.6. The fraction of sp³-hybridized carbons (Fsp3) is 0.394. The quantitative estimate of drug-likeness (QED) is 0.122. The molecule has 47 heavy (non-hydrogen) atoms. The summed E-state index contributed by atoms with van der Waals surface area (Å²) in [4.78, 5) is 79.6. The Hall–Kier alpha value is -4.91.